The van der Waals surface area contributed by atoms with E-state index in [4.69, 9.17) is 0 Å². The standard InChI is InChI=1S/C16H26N2O2S/c1-6-18(12-13(2)3)21(19,20)16-9-7-15(8-10-16)11-17-14(4)5/h7-10,14,17H,2,6,11-12H2,1,3-5H3. The molecule has 1 aromatic rings. The molecule has 1 rings (SSSR count). The van der Waals surface area contributed by atoms with Gasteiger partial charge in [-0.3, -0.25) is 0 Å². The first-order valence-corrected chi connectivity index (χ1v) is 8.68. The molecule has 1 N–H and O–H groups in total. The summed E-state index contributed by atoms with van der Waals surface area (Å²) >= 11 is 0. The van der Waals surface area contributed by atoms with Crippen molar-refractivity contribution in [2.75, 3.05) is 13.1 Å². The van der Waals surface area contributed by atoms with Gasteiger partial charge in [0.05, 0.1) is 4.90 Å². The number of rotatable bonds is 8. The molecule has 0 bridgehead atoms. The number of hydrogen-bond acceptors (Lipinski definition) is 3. The van der Waals surface area contributed by atoms with Crippen molar-refractivity contribution < 1.29 is 8.42 Å². The van der Waals surface area contributed by atoms with E-state index in [1.54, 1.807) is 12.1 Å². The SMILES string of the molecule is C=C(C)CN(CC)S(=O)(=O)c1ccc(CNC(C)C)cc1. The molecule has 0 aliphatic rings. The highest BCUT2D eigenvalue weighted by Crippen LogP contribution is 2.17. The number of hydrogen-bond donors (Lipinski definition) is 1. The summed E-state index contributed by atoms with van der Waals surface area (Å²) in [4.78, 5) is 0.332. The van der Waals surface area contributed by atoms with Gasteiger partial charge in [-0.15, -0.1) is 0 Å². The Hall–Kier alpha value is -1.17. The molecule has 5 heteroatoms. The van der Waals surface area contributed by atoms with Crippen molar-refractivity contribution in [1.29, 1.82) is 0 Å². The Kier molecular flexibility index (Phi) is 6.58. The fourth-order valence-corrected chi connectivity index (χ4v) is 3.43. The van der Waals surface area contributed by atoms with E-state index in [-0.39, 0.29) is 0 Å². The fourth-order valence-electron chi connectivity index (χ4n) is 1.92. The fraction of sp³-hybridized carbons (Fsp3) is 0.500. The molecule has 0 amide bonds. The Morgan fingerprint density at radius 1 is 1.29 bits per heavy atom. The smallest absolute Gasteiger partial charge is 0.243 e. The third-order valence-corrected chi connectivity index (χ3v) is 5.01. The lowest BCUT2D eigenvalue weighted by atomic mass is 10.2. The summed E-state index contributed by atoms with van der Waals surface area (Å²) in [5, 5.41) is 3.31. The van der Waals surface area contributed by atoms with Gasteiger partial charge in [0.1, 0.15) is 0 Å². The molecule has 0 saturated heterocycles. The molecule has 0 saturated carbocycles. The van der Waals surface area contributed by atoms with Gasteiger partial charge in [0.25, 0.3) is 0 Å². The molecule has 0 unspecified atom stereocenters. The summed E-state index contributed by atoms with van der Waals surface area (Å²) in [6.07, 6.45) is 0. The lowest BCUT2D eigenvalue weighted by molar-refractivity contribution is 0.453. The Morgan fingerprint density at radius 2 is 1.86 bits per heavy atom. The van der Waals surface area contributed by atoms with Gasteiger partial charge < -0.3 is 5.32 Å². The van der Waals surface area contributed by atoms with Crippen LogP contribution in [0.3, 0.4) is 0 Å². The number of sulfonamides is 1. The van der Waals surface area contributed by atoms with Crippen molar-refractivity contribution in [3.63, 3.8) is 0 Å². The summed E-state index contributed by atoms with van der Waals surface area (Å²) in [7, 11) is -3.44. The summed E-state index contributed by atoms with van der Waals surface area (Å²) < 4.78 is 26.5. The van der Waals surface area contributed by atoms with Gasteiger partial charge in [-0.2, -0.15) is 4.31 Å². The number of benzene rings is 1. The van der Waals surface area contributed by atoms with E-state index in [9.17, 15) is 8.42 Å². The zero-order valence-electron chi connectivity index (χ0n) is 13.4. The monoisotopic (exact) mass is 310 g/mol. The highest BCUT2D eigenvalue weighted by molar-refractivity contribution is 7.89. The topological polar surface area (TPSA) is 49.4 Å². The minimum Gasteiger partial charge on any atom is -0.310 e. The summed E-state index contributed by atoms with van der Waals surface area (Å²) in [6.45, 7) is 13.1. The maximum atomic E-state index is 12.5. The van der Waals surface area contributed by atoms with Gasteiger partial charge in [-0.1, -0.05) is 45.1 Å². The molecule has 4 nitrogen and oxygen atoms in total. The zero-order valence-corrected chi connectivity index (χ0v) is 14.2. The van der Waals surface area contributed by atoms with E-state index < -0.39 is 10.0 Å². The first kappa shape index (κ1) is 17.9. The van der Waals surface area contributed by atoms with Crippen LogP contribution in [0.15, 0.2) is 41.3 Å². The Balaban J connectivity index is 2.90. The van der Waals surface area contributed by atoms with Gasteiger partial charge in [-0.25, -0.2) is 8.42 Å². The first-order valence-electron chi connectivity index (χ1n) is 7.24. The van der Waals surface area contributed by atoms with Crippen LogP contribution in [-0.4, -0.2) is 31.9 Å². The van der Waals surface area contributed by atoms with Gasteiger partial charge >= 0.3 is 0 Å². The van der Waals surface area contributed by atoms with Crippen molar-refractivity contribution >= 4 is 10.0 Å². The zero-order chi connectivity index (χ0) is 16.0. The average molecular weight is 310 g/mol. The van der Waals surface area contributed by atoms with Crippen molar-refractivity contribution in [1.82, 2.24) is 9.62 Å². The molecule has 118 valence electrons. The molecule has 0 aliphatic carbocycles. The van der Waals surface area contributed by atoms with E-state index in [2.05, 4.69) is 25.7 Å². The molecular formula is C16H26N2O2S. The van der Waals surface area contributed by atoms with Crippen LogP contribution in [0.5, 0.6) is 0 Å². The molecule has 0 atom stereocenters. The van der Waals surface area contributed by atoms with Gasteiger partial charge in [0.15, 0.2) is 0 Å². The van der Waals surface area contributed by atoms with Crippen LogP contribution in [-0.2, 0) is 16.6 Å². The molecular weight excluding hydrogens is 284 g/mol. The van der Waals surface area contributed by atoms with Crippen molar-refractivity contribution in [2.24, 2.45) is 0 Å². The molecule has 21 heavy (non-hydrogen) atoms. The Morgan fingerprint density at radius 3 is 2.29 bits per heavy atom. The van der Waals surface area contributed by atoms with Gasteiger partial charge in [0.2, 0.25) is 10.0 Å². The van der Waals surface area contributed by atoms with Crippen LogP contribution in [0, 0.1) is 0 Å². The van der Waals surface area contributed by atoms with Crippen LogP contribution in [0.4, 0.5) is 0 Å². The number of nitrogens with one attached hydrogen (secondary N) is 1. The van der Waals surface area contributed by atoms with Crippen molar-refractivity contribution in [3.05, 3.63) is 42.0 Å². The molecule has 1 aromatic carbocycles. The second kappa shape index (κ2) is 7.73. The third kappa shape index (κ3) is 5.26. The minimum absolute atomic E-state index is 0.332. The van der Waals surface area contributed by atoms with Crippen LogP contribution >= 0.6 is 0 Å². The molecule has 0 aliphatic heterocycles. The Bertz CT molecular complexity index is 562. The highest BCUT2D eigenvalue weighted by Gasteiger charge is 2.22. The lowest BCUT2D eigenvalue weighted by Gasteiger charge is -2.20. The van der Waals surface area contributed by atoms with Crippen molar-refractivity contribution in [2.45, 2.75) is 45.2 Å². The second-order valence-corrected chi connectivity index (χ2v) is 7.51. The maximum Gasteiger partial charge on any atom is 0.243 e. The van der Waals surface area contributed by atoms with Crippen LogP contribution in [0.2, 0.25) is 0 Å². The Labute approximate surface area is 128 Å². The van der Waals surface area contributed by atoms with E-state index in [0.717, 1.165) is 17.7 Å². The minimum atomic E-state index is -3.44. The summed E-state index contributed by atoms with van der Waals surface area (Å²) in [6, 6.07) is 7.47. The molecule has 0 spiro atoms. The van der Waals surface area contributed by atoms with Crippen molar-refractivity contribution in [3.8, 4) is 0 Å². The normalized spacial score (nSPS) is 12.1. The van der Waals surface area contributed by atoms with Gasteiger partial charge in [-0.05, 0) is 24.6 Å². The first-order chi connectivity index (χ1) is 9.77. The van der Waals surface area contributed by atoms with E-state index in [0.29, 0.717) is 24.0 Å². The van der Waals surface area contributed by atoms with Crippen LogP contribution in [0.1, 0.15) is 33.3 Å². The maximum absolute atomic E-state index is 12.5. The molecule has 0 aromatic heterocycles. The largest absolute Gasteiger partial charge is 0.310 e. The predicted octanol–water partition coefficient (Wildman–Crippen LogP) is 2.77. The highest BCUT2D eigenvalue weighted by atomic mass is 32.2. The van der Waals surface area contributed by atoms with Gasteiger partial charge in [0, 0.05) is 25.7 Å². The summed E-state index contributed by atoms with van der Waals surface area (Å²) in [5.74, 6) is 0. The molecule has 0 radical (unpaired) electrons. The predicted molar refractivity (Wildman–Crippen MR) is 87.7 cm³/mol. The lowest BCUT2D eigenvalue weighted by Crippen LogP contribution is -2.32. The molecule has 0 fully saturated rings. The van der Waals surface area contributed by atoms with Crippen LogP contribution in [0.25, 0.3) is 0 Å². The number of likely N-dealkylation sites (N-methyl/N-ethyl adjacent to an activating group) is 1. The third-order valence-electron chi connectivity index (χ3n) is 3.07. The summed E-state index contributed by atoms with van der Waals surface area (Å²) in [5.41, 5.74) is 1.91. The second-order valence-electron chi connectivity index (χ2n) is 5.57. The number of nitrogens with zero attached hydrogens (tertiary/aromatic N) is 1. The van der Waals surface area contributed by atoms with E-state index >= 15 is 0 Å². The van der Waals surface area contributed by atoms with E-state index in [1.165, 1.54) is 4.31 Å². The quantitative estimate of drug-likeness (QED) is 0.751. The van der Waals surface area contributed by atoms with Crippen LogP contribution < -0.4 is 5.32 Å². The van der Waals surface area contributed by atoms with E-state index in [1.807, 2.05) is 26.0 Å². The molecule has 0 heterocycles. The average Bonchev–Trinajstić information content (AvgIpc) is 2.42.